The molecule has 0 amide bonds. The largest absolute Gasteiger partial charge is 0.494 e. The van der Waals surface area contributed by atoms with Gasteiger partial charge in [0.1, 0.15) is 12.3 Å². The van der Waals surface area contributed by atoms with Crippen LogP contribution in [-0.2, 0) is 6.54 Å². The summed E-state index contributed by atoms with van der Waals surface area (Å²) in [5.74, 6) is 0.938. The first kappa shape index (κ1) is 15.1. The monoisotopic (exact) mass is 334 g/mol. The Morgan fingerprint density at radius 1 is 0.950 bits per heavy atom. The SMILES string of the molecule is Brc1cccc(OCCCC[NH2+]Cc2ccccc2)c1. The van der Waals surface area contributed by atoms with Crippen molar-refractivity contribution in [1.82, 2.24) is 0 Å². The van der Waals surface area contributed by atoms with Gasteiger partial charge in [-0.05, 0) is 31.0 Å². The van der Waals surface area contributed by atoms with Crippen LogP contribution >= 0.6 is 15.9 Å². The molecule has 0 atom stereocenters. The Labute approximate surface area is 129 Å². The second-order valence-electron chi connectivity index (χ2n) is 4.78. The van der Waals surface area contributed by atoms with E-state index in [1.165, 1.54) is 12.0 Å². The molecule has 3 heteroatoms. The molecular formula is C17H21BrNO+. The molecule has 0 radical (unpaired) electrons. The van der Waals surface area contributed by atoms with E-state index in [4.69, 9.17) is 4.74 Å². The van der Waals surface area contributed by atoms with Crippen LogP contribution < -0.4 is 10.1 Å². The Morgan fingerprint density at radius 3 is 2.60 bits per heavy atom. The summed E-state index contributed by atoms with van der Waals surface area (Å²) in [5, 5.41) is 2.36. The van der Waals surface area contributed by atoms with Gasteiger partial charge in [-0.25, -0.2) is 0 Å². The number of benzene rings is 2. The Morgan fingerprint density at radius 2 is 1.80 bits per heavy atom. The van der Waals surface area contributed by atoms with Crippen molar-refractivity contribution in [2.24, 2.45) is 0 Å². The average Bonchev–Trinajstić information content (AvgIpc) is 2.47. The second kappa shape index (κ2) is 8.77. The number of ether oxygens (including phenoxy) is 1. The van der Waals surface area contributed by atoms with E-state index in [1.807, 2.05) is 24.3 Å². The number of quaternary nitrogens is 1. The molecule has 0 spiro atoms. The Hall–Kier alpha value is -1.32. The van der Waals surface area contributed by atoms with Gasteiger partial charge in [-0.2, -0.15) is 0 Å². The van der Waals surface area contributed by atoms with Crippen LogP contribution in [0.5, 0.6) is 5.75 Å². The maximum Gasteiger partial charge on any atom is 0.120 e. The van der Waals surface area contributed by atoms with Gasteiger partial charge in [-0.15, -0.1) is 0 Å². The van der Waals surface area contributed by atoms with Gasteiger partial charge in [0.15, 0.2) is 0 Å². The van der Waals surface area contributed by atoms with Crippen LogP contribution in [0.1, 0.15) is 18.4 Å². The van der Waals surface area contributed by atoms with Crippen LogP contribution in [0.3, 0.4) is 0 Å². The van der Waals surface area contributed by atoms with E-state index in [9.17, 15) is 0 Å². The molecule has 106 valence electrons. The van der Waals surface area contributed by atoms with Crippen molar-refractivity contribution >= 4 is 15.9 Å². The molecule has 2 aromatic rings. The molecular weight excluding hydrogens is 314 g/mol. The number of nitrogens with two attached hydrogens (primary N) is 1. The van der Waals surface area contributed by atoms with E-state index in [-0.39, 0.29) is 0 Å². The summed E-state index contributed by atoms with van der Waals surface area (Å²) in [6, 6.07) is 18.6. The quantitative estimate of drug-likeness (QED) is 0.736. The highest BCUT2D eigenvalue weighted by Gasteiger charge is 1.97. The number of hydrogen-bond acceptors (Lipinski definition) is 1. The van der Waals surface area contributed by atoms with Gasteiger partial charge >= 0.3 is 0 Å². The van der Waals surface area contributed by atoms with Gasteiger partial charge in [-0.3, -0.25) is 0 Å². The summed E-state index contributed by atoms with van der Waals surface area (Å²) in [4.78, 5) is 0. The predicted octanol–water partition coefficient (Wildman–Crippen LogP) is 3.37. The fourth-order valence-electron chi connectivity index (χ4n) is 2.02. The van der Waals surface area contributed by atoms with Crippen LogP contribution in [0.15, 0.2) is 59.1 Å². The van der Waals surface area contributed by atoms with Crippen LogP contribution in [0, 0.1) is 0 Å². The van der Waals surface area contributed by atoms with Gasteiger partial charge in [0, 0.05) is 10.0 Å². The third-order valence-electron chi connectivity index (χ3n) is 3.09. The maximum absolute atomic E-state index is 5.71. The fraction of sp³-hybridized carbons (Fsp3) is 0.294. The van der Waals surface area contributed by atoms with E-state index in [2.05, 4.69) is 51.6 Å². The zero-order valence-corrected chi connectivity index (χ0v) is 13.2. The van der Waals surface area contributed by atoms with E-state index in [1.54, 1.807) is 0 Å². The summed E-state index contributed by atoms with van der Waals surface area (Å²) in [7, 11) is 0. The maximum atomic E-state index is 5.71. The third kappa shape index (κ3) is 5.76. The van der Waals surface area contributed by atoms with E-state index < -0.39 is 0 Å². The molecule has 0 saturated carbocycles. The molecule has 0 aromatic heterocycles. The molecule has 2 N–H and O–H groups in total. The predicted molar refractivity (Wildman–Crippen MR) is 85.8 cm³/mol. The smallest absolute Gasteiger partial charge is 0.120 e. The van der Waals surface area contributed by atoms with Crippen LogP contribution in [0.4, 0.5) is 0 Å². The molecule has 0 aliphatic heterocycles. The Bertz CT molecular complexity index is 501. The summed E-state index contributed by atoms with van der Waals surface area (Å²) in [5.41, 5.74) is 1.39. The number of rotatable bonds is 8. The first-order chi connectivity index (χ1) is 9.84. The Kier molecular flexibility index (Phi) is 6.61. The zero-order chi connectivity index (χ0) is 14.0. The van der Waals surface area contributed by atoms with Crippen LogP contribution in [0.2, 0.25) is 0 Å². The molecule has 0 unspecified atom stereocenters. The van der Waals surface area contributed by atoms with Crippen molar-refractivity contribution in [3.63, 3.8) is 0 Å². The molecule has 2 nitrogen and oxygen atoms in total. The van der Waals surface area contributed by atoms with E-state index in [0.717, 1.165) is 36.3 Å². The summed E-state index contributed by atoms with van der Waals surface area (Å²) >= 11 is 3.44. The number of unbranched alkanes of at least 4 members (excludes halogenated alkanes) is 1. The fourth-order valence-corrected chi connectivity index (χ4v) is 2.40. The highest BCUT2D eigenvalue weighted by molar-refractivity contribution is 9.10. The van der Waals surface area contributed by atoms with Crippen molar-refractivity contribution in [2.45, 2.75) is 19.4 Å². The lowest BCUT2D eigenvalue weighted by atomic mass is 10.2. The molecule has 0 fully saturated rings. The van der Waals surface area contributed by atoms with Crippen molar-refractivity contribution in [3.8, 4) is 5.75 Å². The minimum Gasteiger partial charge on any atom is -0.494 e. The third-order valence-corrected chi connectivity index (χ3v) is 3.58. The average molecular weight is 335 g/mol. The van der Waals surface area contributed by atoms with Gasteiger partial charge in [0.2, 0.25) is 0 Å². The van der Waals surface area contributed by atoms with Gasteiger partial charge < -0.3 is 10.1 Å². The highest BCUT2D eigenvalue weighted by atomic mass is 79.9. The lowest BCUT2D eigenvalue weighted by Crippen LogP contribution is -2.82. The van der Waals surface area contributed by atoms with Gasteiger partial charge in [0.25, 0.3) is 0 Å². The molecule has 2 aromatic carbocycles. The normalized spacial score (nSPS) is 10.4. The van der Waals surface area contributed by atoms with Crippen molar-refractivity contribution in [1.29, 1.82) is 0 Å². The molecule has 2 rings (SSSR count). The molecule has 0 heterocycles. The molecule has 0 saturated heterocycles. The zero-order valence-electron chi connectivity index (χ0n) is 11.6. The van der Waals surface area contributed by atoms with Crippen molar-refractivity contribution < 1.29 is 10.1 Å². The minimum absolute atomic E-state index is 0.787. The topological polar surface area (TPSA) is 25.8 Å². The molecule has 20 heavy (non-hydrogen) atoms. The minimum atomic E-state index is 0.787. The molecule has 0 aliphatic carbocycles. The summed E-state index contributed by atoms with van der Waals surface area (Å²) in [6.45, 7) is 3.00. The number of halogens is 1. The van der Waals surface area contributed by atoms with Gasteiger partial charge in [0.05, 0.1) is 13.2 Å². The summed E-state index contributed by atoms with van der Waals surface area (Å²) in [6.07, 6.45) is 2.28. The standard InChI is InChI=1S/C17H20BrNO/c18-16-9-6-10-17(13-16)20-12-5-4-11-19-14-15-7-2-1-3-8-15/h1-3,6-10,13,19H,4-5,11-12,14H2/p+1. The van der Waals surface area contributed by atoms with Crippen molar-refractivity contribution in [3.05, 3.63) is 64.6 Å². The lowest BCUT2D eigenvalue weighted by Gasteiger charge is -2.06. The van der Waals surface area contributed by atoms with Gasteiger partial charge in [-0.1, -0.05) is 52.3 Å². The number of hydrogen-bond donors (Lipinski definition) is 1. The Balaban J connectivity index is 1.52. The molecule has 0 bridgehead atoms. The first-order valence-electron chi connectivity index (χ1n) is 7.08. The first-order valence-corrected chi connectivity index (χ1v) is 7.88. The lowest BCUT2D eigenvalue weighted by molar-refractivity contribution is -0.671. The van der Waals surface area contributed by atoms with Crippen molar-refractivity contribution in [2.75, 3.05) is 13.2 Å². The molecule has 0 aliphatic rings. The van der Waals surface area contributed by atoms with Crippen LogP contribution in [-0.4, -0.2) is 13.2 Å². The second-order valence-corrected chi connectivity index (χ2v) is 5.70. The highest BCUT2D eigenvalue weighted by Crippen LogP contribution is 2.17. The van der Waals surface area contributed by atoms with Crippen LogP contribution in [0.25, 0.3) is 0 Å². The van der Waals surface area contributed by atoms with E-state index in [0.29, 0.717) is 0 Å². The summed E-state index contributed by atoms with van der Waals surface area (Å²) < 4.78 is 6.77. The van der Waals surface area contributed by atoms with E-state index >= 15 is 0 Å².